The summed E-state index contributed by atoms with van der Waals surface area (Å²) in [7, 11) is 0. The van der Waals surface area contributed by atoms with Crippen molar-refractivity contribution in [1.82, 2.24) is 9.97 Å². The van der Waals surface area contributed by atoms with E-state index < -0.39 is 17.8 Å². The van der Waals surface area contributed by atoms with E-state index in [-0.39, 0.29) is 0 Å². The quantitative estimate of drug-likeness (QED) is 0.847. The Labute approximate surface area is 138 Å². The molecule has 0 aliphatic heterocycles. The molecule has 0 saturated heterocycles. The van der Waals surface area contributed by atoms with E-state index >= 15 is 0 Å². The SMILES string of the molecule is CCCC(O)c1cnc(-c2ccc(C(F)(F)F)cc2)nc1C1CC1. The number of aliphatic hydroxyl groups is 1. The monoisotopic (exact) mass is 336 g/mol. The van der Waals surface area contributed by atoms with Crippen LogP contribution in [0, 0.1) is 0 Å². The Morgan fingerprint density at radius 1 is 1.21 bits per heavy atom. The van der Waals surface area contributed by atoms with Gasteiger partial charge in [0, 0.05) is 23.2 Å². The second-order valence-electron chi connectivity index (χ2n) is 6.19. The van der Waals surface area contributed by atoms with Crippen molar-refractivity contribution in [1.29, 1.82) is 0 Å². The normalized spacial score (nSPS) is 16.2. The molecule has 1 N–H and O–H groups in total. The van der Waals surface area contributed by atoms with Crippen molar-refractivity contribution >= 4 is 0 Å². The number of aliphatic hydroxyl groups excluding tert-OH is 1. The lowest BCUT2D eigenvalue weighted by Crippen LogP contribution is -2.07. The van der Waals surface area contributed by atoms with Crippen LogP contribution in [0.1, 0.15) is 61.4 Å². The van der Waals surface area contributed by atoms with Gasteiger partial charge in [0.2, 0.25) is 0 Å². The third-order valence-electron chi connectivity index (χ3n) is 4.20. The van der Waals surface area contributed by atoms with Crippen molar-refractivity contribution in [2.45, 2.75) is 50.8 Å². The molecule has 128 valence electrons. The van der Waals surface area contributed by atoms with Crippen LogP contribution in [-0.2, 0) is 6.18 Å². The van der Waals surface area contributed by atoms with Crippen molar-refractivity contribution in [3.8, 4) is 11.4 Å². The second-order valence-corrected chi connectivity index (χ2v) is 6.19. The van der Waals surface area contributed by atoms with Crippen LogP contribution in [0.2, 0.25) is 0 Å². The van der Waals surface area contributed by atoms with Gasteiger partial charge >= 0.3 is 6.18 Å². The third-order valence-corrected chi connectivity index (χ3v) is 4.20. The molecule has 1 aliphatic carbocycles. The Bertz CT molecular complexity index is 709. The fraction of sp³-hybridized carbons (Fsp3) is 0.444. The van der Waals surface area contributed by atoms with Gasteiger partial charge in [-0.2, -0.15) is 13.2 Å². The maximum Gasteiger partial charge on any atom is 0.416 e. The van der Waals surface area contributed by atoms with Crippen LogP contribution in [-0.4, -0.2) is 15.1 Å². The summed E-state index contributed by atoms with van der Waals surface area (Å²) in [6.45, 7) is 2.00. The fourth-order valence-electron chi connectivity index (χ4n) is 2.72. The topological polar surface area (TPSA) is 46.0 Å². The Morgan fingerprint density at radius 2 is 1.88 bits per heavy atom. The summed E-state index contributed by atoms with van der Waals surface area (Å²) in [5, 5.41) is 10.3. The number of nitrogens with zero attached hydrogens (tertiary/aromatic N) is 2. The van der Waals surface area contributed by atoms with Gasteiger partial charge < -0.3 is 5.11 Å². The average molecular weight is 336 g/mol. The van der Waals surface area contributed by atoms with Gasteiger partial charge in [0.15, 0.2) is 5.82 Å². The molecule has 1 saturated carbocycles. The molecular formula is C18H19F3N2O. The van der Waals surface area contributed by atoms with Gasteiger partial charge in [-0.3, -0.25) is 0 Å². The maximum atomic E-state index is 12.7. The number of rotatable bonds is 5. The molecule has 0 bridgehead atoms. The molecule has 0 amide bonds. The van der Waals surface area contributed by atoms with Crippen molar-refractivity contribution in [2.75, 3.05) is 0 Å². The molecular weight excluding hydrogens is 317 g/mol. The van der Waals surface area contributed by atoms with Gasteiger partial charge in [-0.05, 0) is 31.4 Å². The van der Waals surface area contributed by atoms with Crippen LogP contribution in [0.15, 0.2) is 30.5 Å². The van der Waals surface area contributed by atoms with Gasteiger partial charge in [0.25, 0.3) is 0 Å². The Balaban J connectivity index is 1.93. The largest absolute Gasteiger partial charge is 0.416 e. The molecule has 6 heteroatoms. The number of benzene rings is 1. The predicted octanol–water partition coefficient (Wildman–Crippen LogP) is 4.87. The van der Waals surface area contributed by atoms with E-state index in [1.165, 1.54) is 12.1 Å². The number of aromatic nitrogens is 2. The van der Waals surface area contributed by atoms with E-state index in [9.17, 15) is 18.3 Å². The second kappa shape index (κ2) is 6.51. The van der Waals surface area contributed by atoms with Crippen LogP contribution in [0.25, 0.3) is 11.4 Å². The van der Waals surface area contributed by atoms with Crippen LogP contribution in [0.5, 0.6) is 0 Å². The molecule has 1 heterocycles. The highest BCUT2D eigenvalue weighted by atomic mass is 19.4. The minimum atomic E-state index is -4.35. The van der Waals surface area contributed by atoms with E-state index in [0.29, 0.717) is 23.7 Å². The van der Waals surface area contributed by atoms with Crippen LogP contribution in [0.3, 0.4) is 0 Å². The van der Waals surface area contributed by atoms with Crippen molar-refractivity contribution in [3.63, 3.8) is 0 Å². The Hall–Kier alpha value is -1.95. The van der Waals surface area contributed by atoms with Gasteiger partial charge in [-0.15, -0.1) is 0 Å². The first-order chi connectivity index (χ1) is 11.4. The average Bonchev–Trinajstić information content (AvgIpc) is 3.39. The van der Waals surface area contributed by atoms with Gasteiger partial charge in [0.1, 0.15) is 0 Å². The number of hydrogen-bond acceptors (Lipinski definition) is 3. The third kappa shape index (κ3) is 3.59. The fourth-order valence-corrected chi connectivity index (χ4v) is 2.72. The molecule has 1 fully saturated rings. The Kier molecular flexibility index (Phi) is 4.58. The molecule has 1 atom stereocenters. The predicted molar refractivity (Wildman–Crippen MR) is 84.3 cm³/mol. The van der Waals surface area contributed by atoms with Crippen LogP contribution < -0.4 is 0 Å². The van der Waals surface area contributed by atoms with E-state index in [2.05, 4.69) is 9.97 Å². The smallest absolute Gasteiger partial charge is 0.388 e. The van der Waals surface area contributed by atoms with Crippen molar-refractivity contribution < 1.29 is 18.3 Å². The molecule has 3 nitrogen and oxygen atoms in total. The summed E-state index contributed by atoms with van der Waals surface area (Å²) >= 11 is 0. The molecule has 1 aliphatic rings. The highest BCUT2D eigenvalue weighted by molar-refractivity contribution is 5.56. The number of alkyl halides is 3. The first-order valence-corrected chi connectivity index (χ1v) is 8.12. The van der Waals surface area contributed by atoms with E-state index in [1.54, 1.807) is 6.20 Å². The summed E-state index contributed by atoms with van der Waals surface area (Å²) in [6, 6.07) is 4.85. The highest BCUT2D eigenvalue weighted by Gasteiger charge is 2.31. The van der Waals surface area contributed by atoms with Crippen molar-refractivity contribution in [2.24, 2.45) is 0 Å². The molecule has 1 unspecified atom stereocenters. The summed E-state index contributed by atoms with van der Waals surface area (Å²) in [5.74, 6) is 0.723. The van der Waals surface area contributed by atoms with Gasteiger partial charge in [0.05, 0.1) is 17.4 Å². The van der Waals surface area contributed by atoms with E-state index in [4.69, 9.17) is 0 Å². The maximum absolute atomic E-state index is 12.7. The van der Waals surface area contributed by atoms with Crippen LogP contribution in [0.4, 0.5) is 13.2 Å². The summed E-state index contributed by atoms with van der Waals surface area (Å²) in [6.07, 6.45) is 0.215. The first-order valence-electron chi connectivity index (χ1n) is 8.12. The molecule has 24 heavy (non-hydrogen) atoms. The summed E-state index contributed by atoms with van der Waals surface area (Å²) < 4.78 is 38.0. The molecule has 0 spiro atoms. The van der Waals surface area contributed by atoms with E-state index in [1.807, 2.05) is 6.92 Å². The minimum Gasteiger partial charge on any atom is -0.388 e. The lowest BCUT2D eigenvalue weighted by molar-refractivity contribution is -0.137. The summed E-state index contributed by atoms with van der Waals surface area (Å²) in [5.41, 5.74) is 1.43. The zero-order chi connectivity index (χ0) is 17.3. The molecule has 0 radical (unpaired) electrons. The van der Waals surface area contributed by atoms with E-state index in [0.717, 1.165) is 42.7 Å². The summed E-state index contributed by atoms with van der Waals surface area (Å²) in [4.78, 5) is 8.81. The van der Waals surface area contributed by atoms with Crippen molar-refractivity contribution in [3.05, 3.63) is 47.3 Å². The molecule has 1 aromatic carbocycles. The lowest BCUT2D eigenvalue weighted by atomic mass is 10.0. The van der Waals surface area contributed by atoms with Gasteiger partial charge in [-0.25, -0.2) is 9.97 Å². The standard InChI is InChI=1S/C18H19F3N2O/c1-2-3-15(24)14-10-22-17(23-16(14)11-4-5-11)12-6-8-13(9-7-12)18(19,20)21/h6-11,15,24H,2-5H2,1H3. The number of hydrogen-bond donors (Lipinski definition) is 1. The zero-order valence-electron chi connectivity index (χ0n) is 13.3. The molecule has 1 aromatic heterocycles. The zero-order valence-corrected chi connectivity index (χ0v) is 13.3. The Morgan fingerprint density at radius 3 is 2.42 bits per heavy atom. The minimum absolute atomic E-state index is 0.322. The molecule has 2 aromatic rings. The van der Waals surface area contributed by atoms with Crippen LogP contribution >= 0.6 is 0 Å². The van der Waals surface area contributed by atoms with Gasteiger partial charge in [-0.1, -0.05) is 25.5 Å². The lowest BCUT2D eigenvalue weighted by Gasteiger charge is -2.15. The highest BCUT2D eigenvalue weighted by Crippen LogP contribution is 2.43. The number of halogens is 3. The molecule has 3 rings (SSSR count). The first kappa shape index (κ1) is 16.9.